The van der Waals surface area contributed by atoms with E-state index in [2.05, 4.69) is 177 Å². The Kier molecular flexibility index (Phi) is 7.61. The average Bonchev–Trinajstić information content (AvgIpc) is 3.80. The van der Waals surface area contributed by atoms with Crippen LogP contribution in [-0.4, -0.2) is 9.97 Å². The number of hydrogen-bond acceptors (Lipinski definition) is 3. The summed E-state index contributed by atoms with van der Waals surface area (Å²) in [4.78, 5) is 10.4. The Hall–Kier alpha value is -7.36. The molecule has 1 unspecified atom stereocenters. The number of hydrogen-bond donors (Lipinski definition) is 0. The largest absolute Gasteiger partial charge is 0.456 e. The summed E-state index contributed by atoms with van der Waals surface area (Å²) in [6.45, 7) is 2.36. The summed E-state index contributed by atoms with van der Waals surface area (Å²) >= 11 is 0. The first kappa shape index (κ1) is 33.0. The van der Waals surface area contributed by atoms with Crippen LogP contribution in [0.15, 0.2) is 205 Å². The minimum absolute atomic E-state index is 0.302. The molecule has 0 radical (unpaired) electrons. The second-order valence-corrected chi connectivity index (χ2v) is 15.0. The van der Waals surface area contributed by atoms with Gasteiger partial charge in [0.25, 0.3) is 0 Å². The zero-order valence-corrected chi connectivity index (χ0v) is 31.4. The van der Waals surface area contributed by atoms with Crippen LogP contribution in [0.4, 0.5) is 0 Å². The molecule has 2 aromatic heterocycles. The van der Waals surface area contributed by atoms with E-state index < -0.39 is 0 Å². The maximum atomic E-state index is 6.26. The summed E-state index contributed by atoms with van der Waals surface area (Å²) in [5, 5.41) is 2.26. The Morgan fingerprint density at radius 3 is 1.77 bits per heavy atom. The van der Waals surface area contributed by atoms with Crippen LogP contribution >= 0.6 is 0 Å². The molecule has 0 aliphatic heterocycles. The highest BCUT2D eigenvalue weighted by Crippen LogP contribution is 2.53. The van der Waals surface area contributed by atoms with Crippen molar-refractivity contribution in [2.24, 2.45) is 0 Å². The lowest BCUT2D eigenvalue weighted by molar-refractivity contribution is 0.669. The van der Waals surface area contributed by atoms with Crippen molar-refractivity contribution in [1.82, 2.24) is 9.97 Å². The van der Waals surface area contributed by atoms with Gasteiger partial charge in [-0.1, -0.05) is 176 Å². The Morgan fingerprint density at radius 1 is 0.386 bits per heavy atom. The minimum atomic E-state index is -0.302. The minimum Gasteiger partial charge on any atom is -0.456 e. The van der Waals surface area contributed by atoms with Gasteiger partial charge in [-0.2, -0.15) is 0 Å². The molecule has 0 amide bonds. The molecule has 1 aliphatic rings. The first-order chi connectivity index (χ1) is 28.1. The molecule has 0 fully saturated rings. The molecule has 57 heavy (non-hydrogen) atoms. The normalized spacial score (nSPS) is 14.5. The third-order valence-electron chi connectivity index (χ3n) is 11.8. The van der Waals surface area contributed by atoms with Crippen LogP contribution < -0.4 is 0 Å². The van der Waals surface area contributed by atoms with Gasteiger partial charge in [-0.3, -0.25) is 0 Å². The van der Waals surface area contributed by atoms with Gasteiger partial charge in [-0.15, -0.1) is 0 Å². The summed E-state index contributed by atoms with van der Waals surface area (Å²) in [5.74, 6) is 0.701. The lowest BCUT2D eigenvalue weighted by atomic mass is 9.74. The van der Waals surface area contributed by atoms with E-state index in [1.165, 1.54) is 33.4 Å². The number of rotatable bonds is 6. The molecule has 3 nitrogen and oxygen atoms in total. The number of aromatic nitrogens is 2. The Bertz CT molecular complexity index is 3130. The van der Waals surface area contributed by atoms with Gasteiger partial charge >= 0.3 is 0 Å². The second kappa shape index (κ2) is 13.1. The highest BCUT2D eigenvalue weighted by atomic mass is 16.3. The van der Waals surface area contributed by atoms with E-state index in [1.807, 2.05) is 30.3 Å². The molecule has 0 saturated heterocycles. The van der Waals surface area contributed by atoms with Crippen LogP contribution in [0.1, 0.15) is 23.6 Å². The quantitative estimate of drug-likeness (QED) is 0.171. The van der Waals surface area contributed by atoms with Crippen LogP contribution in [0, 0.1) is 0 Å². The fourth-order valence-corrected chi connectivity index (χ4v) is 8.98. The van der Waals surface area contributed by atoms with E-state index in [0.29, 0.717) is 5.82 Å². The molecule has 10 aromatic rings. The molecule has 1 aliphatic carbocycles. The van der Waals surface area contributed by atoms with E-state index in [4.69, 9.17) is 14.4 Å². The van der Waals surface area contributed by atoms with Crippen molar-refractivity contribution >= 4 is 21.9 Å². The van der Waals surface area contributed by atoms with E-state index in [1.54, 1.807) is 0 Å². The molecule has 0 bridgehead atoms. The van der Waals surface area contributed by atoms with Crippen molar-refractivity contribution in [3.05, 3.63) is 217 Å². The Labute approximate surface area is 331 Å². The molecular formula is C54H36N2O. The third kappa shape index (κ3) is 5.35. The molecule has 1 atom stereocenters. The first-order valence-corrected chi connectivity index (χ1v) is 19.5. The zero-order chi connectivity index (χ0) is 37.9. The molecular weight excluding hydrogens is 693 g/mol. The van der Waals surface area contributed by atoms with Crippen LogP contribution in [-0.2, 0) is 5.41 Å². The predicted molar refractivity (Wildman–Crippen MR) is 234 cm³/mol. The fourth-order valence-electron chi connectivity index (χ4n) is 8.98. The second-order valence-electron chi connectivity index (χ2n) is 15.0. The van der Waals surface area contributed by atoms with Crippen LogP contribution in [0.5, 0.6) is 0 Å². The number of nitrogens with zero attached hydrogens (tertiary/aromatic N) is 2. The molecule has 268 valence electrons. The van der Waals surface area contributed by atoms with Gasteiger partial charge in [-0.25, -0.2) is 9.97 Å². The number of fused-ring (bicyclic) bond motifs is 6. The lowest BCUT2D eigenvalue weighted by Crippen LogP contribution is -2.22. The van der Waals surface area contributed by atoms with E-state index in [0.717, 1.165) is 66.7 Å². The highest BCUT2D eigenvalue weighted by Gasteiger charge is 2.40. The van der Waals surface area contributed by atoms with E-state index >= 15 is 0 Å². The Balaban J connectivity index is 1.02. The topological polar surface area (TPSA) is 38.9 Å². The zero-order valence-electron chi connectivity index (χ0n) is 31.4. The van der Waals surface area contributed by atoms with Gasteiger partial charge in [0.2, 0.25) is 0 Å². The molecule has 8 aromatic carbocycles. The predicted octanol–water partition coefficient (Wildman–Crippen LogP) is 14.0. The van der Waals surface area contributed by atoms with Gasteiger partial charge in [0.15, 0.2) is 5.82 Å². The number of para-hydroxylation sites is 1. The van der Waals surface area contributed by atoms with Crippen molar-refractivity contribution in [2.45, 2.75) is 12.3 Å². The molecule has 2 heterocycles. The maximum Gasteiger partial charge on any atom is 0.160 e. The van der Waals surface area contributed by atoms with Crippen molar-refractivity contribution in [2.75, 3.05) is 0 Å². The smallest absolute Gasteiger partial charge is 0.160 e. The Morgan fingerprint density at radius 2 is 0.965 bits per heavy atom. The first-order valence-electron chi connectivity index (χ1n) is 19.5. The van der Waals surface area contributed by atoms with Crippen molar-refractivity contribution < 1.29 is 4.42 Å². The highest BCUT2D eigenvalue weighted by molar-refractivity contribution is 6.13. The van der Waals surface area contributed by atoms with Crippen molar-refractivity contribution in [3.8, 4) is 67.3 Å². The van der Waals surface area contributed by atoms with Gasteiger partial charge in [0, 0.05) is 32.9 Å². The van der Waals surface area contributed by atoms with Gasteiger partial charge in [0.1, 0.15) is 11.2 Å². The van der Waals surface area contributed by atoms with Crippen molar-refractivity contribution in [1.29, 1.82) is 0 Å². The standard InChI is InChI=1S/C54H36N2O/c1-54(39-17-6-3-7-18-39)46-24-12-10-21-42(46)43-32-31-38(33-47(43)54)49-34-48(55-53(56-49)37-15-4-2-5-16-37)36-29-27-35(28-30-36)40-19-8-9-20-41(40)44-23-14-26-51-52(44)45-22-11-13-25-50(45)57-51/h2-34H,1H3. The van der Waals surface area contributed by atoms with Gasteiger partial charge in [-0.05, 0) is 81.3 Å². The molecule has 0 spiro atoms. The summed E-state index contributed by atoms with van der Waals surface area (Å²) in [7, 11) is 0. The summed E-state index contributed by atoms with van der Waals surface area (Å²) in [6, 6.07) is 71.0. The molecule has 0 saturated carbocycles. The van der Waals surface area contributed by atoms with Gasteiger partial charge < -0.3 is 4.42 Å². The van der Waals surface area contributed by atoms with Crippen LogP contribution in [0.2, 0.25) is 0 Å². The number of benzene rings is 8. The fraction of sp³-hybridized carbons (Fsp3) is 0.0370. The summed E-state index contributed by atoms with van der Waals surface area (Å²) in [5.41, 5.74) is 17.4. The van der Waals surface area contributed by atoms with Crippen LogP contribution in [0.25, 0.3) is 89.2 Å². The lowest BCUT2D eigenvalue weighted by Gasteiger charge is -2.28. The van der Waals surface area contributed by atoms with Crippen molar-refractivity contribution in [3.63, 3.8) is 0 Å². The third-order valence-corrected chi connectivity index (χ3v) is 11.8. The summed E-state index contributed by atoms with van der Waals surface area (Å²) in [6.07, 6.45) is 0. The average molecular weight is 729 g/mol. The SMILES string of the molecule is CC1(c2ccccc2)c2ccccc2-c2ccc(-c3cc(-c4ccc(-c5ccccc5-c5cccc6oc7ccccc7c56)cc4)nc(-c4ccccc4)n3)cc21. The van der Waals surface area contributed by atoms with E-state index in [-0.39, 0.29) is 5.41 Å². The number of furan rings is 1. The maximum absolute atomic E-state index is 6.26. The van der Waals surface area contributed by atoms with E-state index in [9.17, 15) is 0 Å². The summed E-state index contributed by atoms with van der Waals surface area (Å²) < 4.78 is 6.26. The molecule has 11 rings (SSSR count). The monoisotopic (exact) mass is 728 g/mol. The van der Waals surface area contributed by atoms with Gasteiger partial charge in [0.05, 0.1) is 11.4 Å². The molecule has 3 heteroatoms. The van der Waals surface area contributed by atoms with Crippen LogP contribution in [0.3, 0.4) is 0 Å². The molecule has 0 N–H and O–H groups in total.